The van der Waals surface area contributed by atoms with Crippen LogP contribution in [-0.2, 0) is 19.3 Å². The molecule has 0 saturated carbocycles. The van der Waals surface area contributed by atoms with Gasteiger partial charge in [-0.3, -0.25) is 0 Å². The second kappa shape index (κ2) is 7.86. The van der Waals surface area contributed by atoms with E-state index >= 15 is 0 Å². The van der Waals surface area contributed by atoms with Gasteiger partial charge in [0.25, 0.3) is 0 Å². The maximum atomic E-state index is 2.42. The first kappa shape index (κ1) is 14.8. The minimum atomic E-state index is 1.15. The number of aryl methyl sites for hydroxylation is 2. The van der Waals surface area contributed by atoms with Crippen molar-refractivity contribution in [3.8, 4) is 0 Å². The Hall–Kier alpha value is -0.600. The van der Waals surface area contributed by atoms with E-state index in [-0.39, 0.29) is 0 Å². The molecule has 0 atom stereocenters. The molecule has 0 amide bonds. The number of hydrogen-bond donors (Lipinski definition) is 0. The SMILES string of the molecule is CCCCc1csc(Cc2sccc2CCCC)c1. The van der Waals surface area contributed by atoms with Crippen LogP contribution >= 0.6 is 22.7 Å². The maximum absolute atomic E-state index is 2.42. The van der Waals surface area contributed by atoms with Crippen molar-refractivity contribution in [3.05, 3.63) is 43.8 Å². The Morgan fingerprint density at radius 3 is 2.58 bits per heavy atom. The van der Waals surface area contributed by atoms with Gasteiger partial charge in [0.05, 0.1) is 0 Å². The van der Waals surface area contributed by atoms with Crippen molar-refractivity contribution in [1.29, 1.82) is 0 Å². The molecular weight excluding hydrogens is 268 g/mol. The Labute approximate surface area is 125 Å². The molecule has 2 aromatic rings. The quantitative estimate of drug-likeness (QED) is 0.552. The van der Waals surface area contributed by atoms with Crippen LogP contribution < -0.4 is 0 Å². The van der Waals surface area contributed by atoms with Gasteiger partial charge in [0.15, 0.2) is 0 Å². The summed E-state index contributed by atoms with van der Waals surface area (Å²) in [7, 11) is 0. The van der Waals surface area contributed by atoms with E-state index in [1.165, 1.54) is 49.0 Å². The Morgan fingerprint density at radius 2 is 1.79 bits per heavy atom. The molecule has 0 aliphatic heterocycles. The zero-order chi connectivity index (χ0) is 13.5. The average molecular weight is 293 g/mol. The highest BCUT2D eigenvalue weighted by Gasteiger charge is 2.07. The van der Waals surface area contributed by atoms with Crippen LogP contribution in [0, 0.1) is 0 Å². The lowest BCUT2D eigenvalue weighted by Crippen LogP contribution is -1.89. The van der Waals surface area contributed by atoms with Crippen LogP contribution in [0.3, 0.4) is 0 Å². The fourth-order valence-electron chi connectivity index (χ4n) is 2.30. The molecule has 2 rings (SSSR count). The molecule has 0 spiro atoms. The highest BCUT2D eigenvalue weighted by atomic mass is 32.1. The summed E-state index contributed by atoms with van der Waals surface area (Å²) in [5.74, 6) is 0. The minimum Gasteiger partial charge on any atom is -0.148 e. The number of thiophene rings is 2. The molecule has 0 aliphatic rings. The normalized spacial score (nSPS) is 11.1. The lowest BCUT2D eigenvalue weighted by Gasteiger charge is -2.01. The van der Waals surface area contributed by atoms with Gasteiger partial charge in [0.1, 0.15) is 0 Å². The van der Waals surface area contributed by atoms with E-state index in [9.17, 15) is 0 Å². The van der Waals surface area contributed by atoms with Crippen LogP contribution in [0.1, 0.15) is 60.4 Å². The Kier molecular flexibility index (Phi) is 6.12. The van der Waals surface area contributed by atoms with Crippen molar-refractivity contribution >= 4 is 22.7 Å². The molecule has 2 heterocycles. The van der Waals surface area contributed by atoms with Crippen molar-refractivity contribution in [2.45, 2.75) is 58.8 Å². The first-order valence-corrected chi connectivity index (χ1v) is 9.21. The van der Waals surface area contributed by atoms with Crippen LogP contribution in [0.4, 0.5) is 0 Å². The smallest absolute Gasteiger partial charge is 0.0166 e. The van der Waals surface area contributed by atoms with E-state index in [0.717, 1.165) is 6.42 Å². The van der Waals surface area contributed by atoms with Gasteiger partial charge in [-0.05, 0) is 59.7 Å². The molecule has 104 valence electrons. The van der Waals surface area contributed by atoms with Crippen molar-refractivity contribution < 1.29 is 0 Å². The third-order valence-corrected chi connectivity index (χ3v) is 5.45. The van der Waals surface area contributed by atoms with Crippen molar-refractivity contribution in [3.63, 3.8) is 0 Å². The standard InChI is InChI=1S/C17H24S2/c1-3-5-7-14-11-16(19-13-14)12-17-15(8-6-4-2)9-10-18-17/h9-11,13H,3-8,12H2,1-2H3. The number of hydrogen-bond acceptors (Lipinski definition) is 2. The molecule has 2 aromatic heterocycles. The molecule has 0 nitrogen and oxygen atoms in total. The summed E-state index contributed by atoms with van der Waals surface area (Å²) < 4.78 is 0. The predicted molar refractivity (Wildman–Crippen MR) is 88.7 cm³/mol. The molecule has 0 aromatic carbocycles. The molecule has 0 aliphatic carbocycles. The number of unbranched alkanes of at least 4 members (excludes halogenated alkanes) is 2. The summed E-state index contributed by atoms with van der Waals surface area (Å²) in [6, 6.07) is 4.74. The van der Waals surface area contributed by atoms with Gasteiger partial charge in [0, 0.05) is 16.2 Å². The van der Waals surface area contributed by atoms with Crippen LogP contribution in [-0.4, -0.2) is 0 Å². The van der Waals surface area contributed by atoms with Crippen molar-refractivity contribution in [2.24, 2.45) is 0 Å². The summed E-state index contributed by atoms with van der Waals surface area (Å²) in [6.07, 6.45) is 8.86. The van der Waals surface area contributed by atoms with Crippen LogP contribution in [0.25, 0.3) is 0 Å². The van der Waals surface area contributed by atoms with Crippen LogP contribution in [0.5, 0.6) is 0 Å². The fourth-order valence-corrected chi connectivity index (χ4v) is 4.29. The first-order valence-electron chi connectivity index (χ1n) is 7.45. The second-order valence-corrected chi connectivity index (χ2v) is 7.17. The topological polar surface area (TPSA) is 0 Å². The highest BCUT2D eigenvalue weighted by Crippen LogP contribution is 2.26. The molecule has 0 unspecified atom stereocenters. The molecule has 2 heteroatoms. The van der Waals surface area contributed by atoms with E-state index in [1.54, 1.807) is 10.4 Å². The Bertz CT molecular complexity index is 479. The minimum absolute atomic E-state index is 1.15. The van der Waals surface area contributed by atoms with E-state index in [1.807, 2.05) is 22.7 Å². The summed E-state index contributed by atoms with van der Waals surface area (Å²) in [6.45, 7) is 4.53. The summed E-state index contributed by atoms with van der Waals surface area (Å²) in [5, 5.41) is 4.61. The maximum Gasteiger partial charge on any atom is 0.0166 e. The van der Waals surface area contributed by atoms with E-state index < -0.39 is 0 Å². The molecule has 0 bridgehead atoms. The van der Waals surface area contributed by atoms with Gasteiger partial charge in [-0.25, -0.2) is 0 Å². The van der Waals surface area contributed by atoms with Gasteiger partial charge in [-0.1, -0.05) is 26.7 Å². The molecule has 0 fully saturated rings. The lowest BCUT2D eigenvalue weighted by atomic mass is 10.1. The molecule has 19 heavy (non-hydrogen) atoms. The zero-order valence-electron chi connectivity index (χ0n) is 12.1. The second-order valence-electron chi connectivity index (χ2n) is 5.17. The summed E-state index contributed by atoms with van der Waals surface area (Å²) in [5.41, 5.74) is 3.11. The Morgan fingerprint density at radius 1 is 1.00 bits per heavy atom. The molecule has 0 radical (unpaired) electrons. The average Bonchev–Trinajstić information content (AvgIpc) is 3.04. The third-order valence-electron chi connectivity index (χ3n) is 3.50. The predicted octanol–water partition coefficient (Wildman–Crippen LogP) is 6.09. The van der Waals surface area contributed by atoms with E-state index in [4.69, 9.17) is 0 Å². The largest absolute Gasteiger partial charge is 0.148 e. The fraction of sp³-hybridized carbons (Fsp3) is 0.529. The molecule has 0 N–H and O–H groups in total. The molecular formula is C17H24S2. The van der Waals surface area contributed by atoms with Crippen LogP contribution in [0.15, 0.2) is 22.9 Å². The third kappa shape index (κ3) is 4.47. The van der Waals surface area contributed by atoms with Gasteiger partial charge < -0.3 is 0 Å². The zero-order valence-corrected chi connectivity index (χ0v) is 13.7. The van der Waals surface area contributed by atoms with E-state index in [0.29, 0.717) is 0 Å². The Balaban J connectivity index is 1.96. The van der Waals surface area contributed by atoms with E-state index in [2.05, 4.69) is 36.7 Å². The van der Waals surface area contributed by atoms with Crippen LogP contribution in [0.2, 0.25) is 0 Å². The van der Waals surface area contributed by atoms with Crippen molar-refractivity contribution in [1.82, 2.24) is 0 Å². The lowest BCUT2D eigenvalue weighted by molar-refractivity contribution is 0.792. The summed E-state index contributed by atoms with van der Waals surface area (Å²) >= 11 is 3.87. The molecule has 0 saturated heterocycles. The summed E-state index contributed by atoms with van der Waals surface area (Å²) in [4.78, 5) is 3.11. The monoisotopic (exact) mass is 292 g/mol. The van der Waals surface area contributed by atoms with Gasteiger partial charge >= 0.3 is 0 Å². The van der Waals surface area contributed by atoms with Gasteiger partial charge in [-0.2, -0.15) is 0 Å². The first-order chi connectivity index (χ1) is 9.33. The highest BCUT2D eigenvalue weighted by molar-refractivity contribution is 7.11. The van der Waals surface area contributed by atoms with Gasteiger partial charge in [0.2, 0.25) is 0 Å². The number of rotatable bonds is 8. The van der Waals surface area contributed by atoms with Crippen molar-refractivity contribution in [2.75, 3.05) is 0 Å². The van der Waals surface area contributed by atoms with Gasteiger partial charge in [-0.15, -0.1) is 22.7 Å².